The highest BCUT2D eigenvalue weighted by atomic mass is 19.3. The van der Waals surface area contributed by atoms with E-state index < -0.39 is 18.4 Å². The molecule has 0 N–H and O–H groups in total. The molecular weight excluding hydrogens is 174 g/mol. The molecule has 1 aliphatic heterocycles. The third-order valence-corrected chi connectivity index (χ3v) is 2.44. The predicted octanol–water partition coefficient (Wildman–Crippen LogP) is 2.82. The zero-order valence-electron chi connectivity index (χ0n) is 7.26. The molecule has 0 aliphatic carbocycles. The fourth-order valence-corrected chi connectivity index (χ4v) is 1.50. The van der Waals surface area contributed by atoms with Crippen LogP contribution in [0.2, 0.25) is 0 Å². The largest absolute Gasteiger partial charge is 0.487 e. The van der Waals surface area contributed by atoms with Gasteiger partial charge in [0.1, 0.15) is 5.75 Å². The lowest BCUT2D eigenvalue weighted by molar-refractivity contribution is -0.0722. The van der Waals surface area contributed by atoms with E-state index >= 15 is 0 Å². The van der Waals surface area contributed by atoms with Crippen LogP contribution in [0.3, 0.4) is 0 Å². The number of ether oxygens (including phenoxy) is 1. The molecule has 3 heteroatoms. The average molecular weight is 184 g/mol. The summed E-state index contributed by atoms with van der Waals surface area (Å²) in [5, 5.41) is 0. The van der Waals surface area contributed by atoms with E-state index in [4.69, 9.17) is 4.74 Å². The van der Waals surface area contributed by atoms with Crippen molar-refractivity contribution in [3.8, 4) is 5.75 Å². The van der Waals surface area contributed by atoms with Crippen molar-refractivity contribution in [1.29, 1.82) is 0 Å². The Hall–Kier alpha value is -1.12. The molecule has 1 atom stereocenters. The highest BCUT2D eigenvalue weighted by Crippen LogP contribution is 2.41. The summed E-state index contributed by atoms with van der Waals surface area (Å²) in [5.74, 6) is -2.91. The molecule has 1 aromatic carbocycles. The molecule has 13 heavy (non-hydrogen) atoms. The Kier molecular flexibility index (Phi) is 1.75. The second-order valence-corrected chi connectivity index (χ2v) is 3.31. The minimum absolute atomic E-state index is 0.509. The van der Waals surface area contributed by atoms with Crippen molar-refractivity contribution in [2.45, 2.75) is 18.8 Å². The van der Waals surface area contributed by atoms with E-state index in [1.54, 1.807) is 24.3 Å². The monoisotopic (exact) mass is 184 g/mol. The van der Waals surface area contributed by atoms with E-state index in [9.17, 15) is 8.78 Å². The van der Waals surface area contributed by atoms with Crippen molar-refractivity contribution in [3.63, 3.8) is 0 Å². The summed E-state index contributed by atoms with van der Waals surface area (Å²) in [6.45, 7) is 1.02. The fraction of sp³-hybridized carbons (Fsp3) is 0.400. The van der Waals surface area contributed by atoms with E-state index in [0.717, 1.165) is 0 Å². The maximum atomic E-state index is 13.2. The Bertz CT molecular complexity index is 322. The van der Waals surface area contributed by atoms with Crippen molar-refractivity contribution in [2.75, 3.05) is 6.61 Å². The lowest BCUT2D eigenvalue weighted by Crippen LogP contribution is -2.35. The summed E-state index contributed by atoms with van der Waals surface area (Å²) >= 11 is 0. The molecule has 0 saturated heterocycles. The number of para-hydroxylation sites is 1. The molecule has 0 aromatic heterocycles. The second-order valence-electron chi connectivity index (χ2n) is 3.31. The van der Waals surface area contributed by atoms with Crippen LogP contribution in [-0.4, -0.2) is 12.5 Å². The second kappa shape index (κ2) is 2.69. The van der Waals surface area contributed by atoms with Crippen LogP contribution in [0.15, 0.2) is 24.3 Å². The van der Waals surface area contributed by atoms with Gasteiger partial charge in [0.2, 0.25) is 0 Å². The van der Waals surface area contributed by atoms with Crippen LogP contribution in [0.4, 0.5) is 8.78 Å². The lowest BCUT2D eigenvalue weighted by atomic mass is 9.92. The molecular formula is C10H10F2O. The normalized spacial score (nSPS) is 24.7. The molecule has 70 valence electrons. The molecule has 1 unspecified atom stereocenters. The summed E-state index contributed by atoms with van der Waals surface area (Å²) in [6, 6.07) is 6.95. The molecule has 0 fully saturated rings. The highest BCUT2D eigenvalue weighted by Gasteiger charge is 2.42. The van der Waals surface area contributed by atoms with E-state index in [-0.39, 0.29) is 0 Å². The van der Waals surface area contributed by atoms with Gasteiger partial charge in [-0.1, -0.05) is 25.1 Å². The third-order valence-electron chi connectivity index (χ3n) is 2.44. The van der Waals surface area contributed by atoms with Crippen LogP contribution in [0.5, 0.6) is 5.75 Å². The Morgan fingerprint density at radius 2 is 2.08 bits per heavy atom. The minimum Gasteiger partial charge on any atom is -0.487 e. The van der Waals surface area contributed by atoms with Crippen LogP contribution in [0, 0.1) is 0 Å². The first-order chi connectivity index (χ1) is 6.11. The minimum atomic E-state index is -2.74. The van der Waals surface area contributed by atoms with E-state index in [1.807, 2.05) is 0 Å². The Labute approximate surface area is 75.3 Å². The van der Waals surface area contributed by atoms with Gasteiger partial charge in [0.05, 0.1) is 5.92 Å². The molecule has 1 aromatic rings. The van der Waals surface area contributed by atoms with Crippen LogP contribution >= 0.6 is 0 Å². The predicted molar refractivity (Wildman–Crippen MR) is 45.3 cm³/mol. The van der Waals surface area contributed by atoms with Crippen molar-refractivity contribution < 1.29 is 13.5 Å². The Balaban J connectivity index is 2.45. The van der Waals surface area contributed by atoms with E-state index in [1.165, 1.54) is 6.92 Å². The SMILES string of the molecule is CC1c2ccccc2OCC1(F)F. The summed E-state index contributed by atoms with van der Waals surface area (Å²) in [6.07, 6.45) is 0. The van der Waals surface area contributed by atoms with E-state index in [2.05, 4.69) is 0 Å². The van der Waals surface area contributed by atoms with Gasteiger partial charge in [0.25, 0.3) is 5.92 Å². The quantitative estimate of drug-likeness (QED) is 0.602. The molecule has 2 rings (SSSR count). The molecule has 0 radical (unpaired) electrons. The van der Waals surface area contributed by atoms with Gasteiger partial charge in [-0.2, -0.15) is 0 Å². The van der Waals surface area contributed by atoms with Crippen LogP contribution in [0.1, 0.15) is 18.4 Å². The zero-order chi connectivity index (χ0) is 9.47. The fourth-order valence-electron chi connectivity index (χ4n) is 1.50. The number of hydrogen-bond donors (Lipinski definition) is 0. The number of hydrogen-bond acceptors (Lipinski definition) is 1. The molecule has 1 heterocycles. The van der Waals surface area contributed by atoms with Crippen LogP contribution in [-0.2, 0) is 0 Å². The molecule has 0 amide bonds. The van der Waals surface area contributed by atoms with E-state index in [0.29, 0.717) is 11.3 Å². The summed E-state index contributed by atoms with van der Waals surface area (Å²) < 4.78 is 31.3. The molecule has 0 bridgehead atoms. The first-order valence-corrected chi connectivity index (χ1v) is 4.21. The maximum Gasteiger partial charge on any atom is 0.287 e. The first kappa shape index (κ1) is 8.48. The lowest BCUT2D eigenvalue weighted by Gasteiger charge is -2.30. The van der Waals surface area contributed by atoms with Crippen LogP contribution < -0.4 is 4.74 Å². The smallest absolute Gasteiger partial charge is 0.287 e. The Morgan fingerprint density at radius 1 is 1.38 bits per heavy atom. The van der Waals surface area contributed by atoms with Gasteiger partial charge in [-0.25, -0.2) is 8.78 Å². The molecule has 0 spiro atoms. The standard InChI is InChI=1S/C10H10F2O/c1-7-8-4-2-3-5-9(8)13-6-10(7,11)12/h2-5,7H,6H2,1H3. The maximum absolute atomic E-state index is 13.2. The highest BCUT2D eigenvalue weighted by molar-refractivity contribution is 5.39. The summed E-state index contributed by atoms with van der Waals surface area (Å²) in [4.78, 5) is 0. The molecule has 1 nitrogen and oxygen atoms in total. The Morgan fingerprint density at radius 3 is 2.85 bits per heavy atom. The summed E-state index contributed by atoms with van der Waals surface area (Å²) in [7, 11) is 0. The third kappa shape index (κ3) is 1.28. The summed E-state index contributed by atoms with van der Waals surface area (Å²) in [5.41, 5.74) is 0.596. The van der Waals surface area contributed by atoms with Gasteiger partial charge >= 0.3 is 0 Å². The first-order valence-electron chi connectivity index (χ1n) is 4.21. The van der Waals surface area contributed by atoms with Gasteiger partial charge in [-0.05, 0) is 6.07 Å². The van der Waals surface area contributed by atoms with Gasteiger partial charge in [-0.3, -0.25) is 0 Å². The van der Waals surface area contributed by atoms with Gasteiger partial charge < -0.3 is 4.74 Å². The van der Waals surface area contributed by atoms with Gasteiger partial charge in [-0.15, -0.1) is 0 Å². The van der Waals surface area contributed by atoms with Crippen molar-refractivity contribution in [2.24, 2.45) is 0 Å². The topological polar surface area (TPSA) is 9.23 Å². The van der Waals surface area contributed by atoms with Crippen molar-refractivity contribution in [3.05, 3.63) is 29.8 Å². The number of alkyl halides is 2. The molecule has 0 saturated carbocycles. The number of rotatable bonds is 0. The van der Waals surface area contributed by atoms with Crippen molar-refractivity contribution >= 4 is 0 Å². The van der Waals surface area contributed by atoms with Gasteiger partial charge in [0.15, 0.2) is 6.61 Å². The van der Waals surface area contributed by atoms with Crippen LogP contribution in [0.25, 0.3) is 0 Å². The van der Waals surface area contributed by atoms with Crippen molar-refractivity contribution in [1.82, 2.24) is 0 Å². The average Bonchev–Trinajstić information content (AvgIpc) is 2.13. The number of benzene rings is 1. The number of halogens is 2. The van der Waals surface area contributed by atoms with Gasteiger partial charge in [0, 0.05) is 5.56 Å². The molecule has 1 aliphatic rings. The zero-order valence-corrected chi connectivity index (χ0v) is 7.26. The number of fused-ring (bicyclic) bond motifs is 1.